The normalized spacial score (nSPS) is 19.1. The Bertz CT molecular complexity index is 717. The van der Waals surface area contributed by atoms with E-state index in [1.165, 1.54) is 5.56 Å². The highest BCUT2D eigenvalue weighted by atomic mass is 16.2. The molecule has 1 amide bonds. The van der Waals surface area contributed by atoms with Gasteiger partial charge >= 0.3 is 0 Å². The van der Waals surface area contributed by atoms with Crippen LogP contribution in [0.15, 0.2) is 42.6 Å². The van der Waals surface area contributed by atoms with Crippen LogP contribution in [-0.4, -0.2) is 34.8 Å². The number of benzene rings is 1. The number of nitrogens with zero attached hydrogens (tertiary/aromatic N) is 2. The van der Waals surface area contributed by atoms with E-state index in [9.17, 15) is 4.79 Å². The summed E-state index contributed by atoms with van der Waals surface area (Å²) in [5.74, 6) is -0.0936. The maximum atomic E-state index is 12.6. The molecule has 0 radical (unpaired) electrons. The van der Waals surface area contributed by atoms with E-state index < -0.39 is 0 Å². The van der Waals surface area contributed by atoms with Gasteiger partial charge in [0.05, 0.1) is 6.04 Å². The zero-order chi connectivity index (χ0) is 18.6. The molecule has 26 heavy (non-hydrogen) atoms. The fourth-order valence-corrected chi connectivity index (χ4v) is 3.84. The molecule has 0 spiro atoms. The third-order valence-corrected chi connectivity index (χ3v) is 5.24. The van der Waals surface area contributed by atoms with E-state index in [-0.39, 0.29) is 17.4 Å². The van der Waals surface area contributed by atoms with E-state index in [0.29, 0.717) is 11.7 Å². The van der Waals surface area contributed by atoms with Gasteiger partial charge in [-0.05, 0) is 49.8 Å². The maximum Gasteiger partial charge on any atom is 0.271 e. The first-order chi connectivity index (χ1) is 12.5. The Morgan fingerprint density at radius 2 is 2.12 bits per heavy atom. The van der Waals surface area contributed by atoms with Crippen LogP contribution in [0.2, 0.25) is 0 Å². The quantitative estimate of drug-likeness (QED) is 0.837. The summed E-state index contributed by atoms with van der Waals surface area (Å²) in [5.41, 5.74) is 1.79. The summed E-state index contributed by atoms with van der Waals surface area (Å²) in [5, 5.41) is 11.0. The van der Waals surface area contributed by atoms with Crippen molar-refractivity contribution >= 4 is 5.91 Å². The van der Waals surface area contributed by atoms with Crippen molar-refractivity contribution < 1.29 is 4.79 Å². The molecule has 2 atom stereocenters. The highest BCUT2D eigenvalue weighted by Gasteiger charge is 2.25. The lowest BCUT2D eigenvalue weighted by atomic mass is 9.79. The Hall–Kier alpha value is -2.14. The standard InChI is InChI=1S/C21H30N4O/c1-16(14-21(2,3)17-8-5-4-6-9-17)23-20(26)19-11-13-25(24-19)18-10-7-12-22-15-18/h4-6,8-9,11,13,16,18,22H,7,10,12,14-15H2,1-3H3,(H,23,26). The van der Waals surface area contributed by atoms with Crippen LogP contribution in [0.4, 0.5) is 0 Å². The van der Waals surface area contributed by atoms with Gasteiger partial charge in [-0.15, -0.1) is 0 Å². The number of hydrogen-bond donors (Lipinski definition) is 2. The Morgan fingerprint density at radius 3 is 2.81 bits per heavy atom. The molecule has 0 aliphatic carbocycles. The van der Waals surface area contributed by atoms with Crippen LogP contribution in [-0.2, 0) is 5.41 Å². The zero-order valence-corrected chi connectivity index (χ0v) is 16.0. The Morgan fingerprint density at radius 1 is 1.35 bits per heavy atom. The van der Waals surface area contributed by atoms with Crippen LogP contribution >= 0.6 is 0 Å². The highest BCUT2D eigenvalue weighted by molar-refractivity contribution is 5.92. The predicted octanol–water partition coefficient (Wildman–Crippen LogP) is 3.29. The zero-order valence-electron chi connectivity index (χ0n) is 16.0. The molecule has 3 rings (SSSR count). The summed E-state index contributed by atoms with van der Waals surface area (Å²) in [4.78, 5) is 12.6. The molecule has 1 fully saturated rings. The number of hydrogen-bond acceptors (Lipinski definition) is 3. The second-order valence-corrected chi connectivity index (χ2v) is 8.01. The van der Waals surface area contributed by atoms with E-state index in [1.807, 2.05) is 23.0 Å². The van der Waals surface area contributed by atoms with Gasteiger partial charge < -0.3 is 10.6 Å². The van der Waals surface area contributed by atoms with Crippen LogP contribution in [0.25, 0.3) is 0 Å². The highest BCUT2D eigenvalue weighted by Crippen LogP contribution is 2.28. The van der Waals surface area contributed by atoms with Crippen LogP contribution in [0.5, 0.6) is 0 Å². The summed E-state index contributed by atoms with van der Waals surface area (Å²) in [7, 11) is 0. The van der Waals surface area contributed by atoms with Gasteiger partial charge in [0.15, 0.2) is 0 Å². The molecule has 1 aromatic carbocycles. The van der Waals surface area contributed by atoms with Crippen molar-refractivity contribution in [3.63, 3.8) is 0 Å². The van der Waals surface area contributed by atoms with E-state index in [2.05, 4.69) is 60.8 Å². The Balaban J connectivity index is 1.58. The monoisotopic (exact) mass is 354 g/mol. The Labute approximate surface area is 156 Å². The third-order valence-electron chi connectivity index (χ3n) is 5.24. The smallest absolute Gasteiger partial charge is 0.271 e. The molecule has 2 N–H and O–H groups in total. The van der Waals surface area contributed by atoms with E-state index >= 15 is 0 Å². The molecule has 1 aliphatic rings. The van der Waals surface area contributed by atoms with Crippen molar-refractivity contribution in [2.75, 3.05) is 13.1 Å². The van der Waals surface area contributed by atoms with Gasteiger partial charge in [0, 0.05) is 18.8 Å². The fourth-order valence-electron chi connectivity index (χ4n) is 3.84. The van der Waals surface area contributed by atoms with Crippen LogP contribution in [0, 0.1) is 0 Å². The van der Waals surface area contributed by atoms with Crippen LogP contribution in [0.3, 0.4) is 0 Å². The summed E-state index contributed by atoms with van der Waals surface area (Å²) in [6.07, 6.45) is 5.05. The molecule has 5 heteroatoms. The minimum Gasteiger partial charge on any atom is -0.348 e. The predicted molar refractivity (Wildman–Crippen MR) is 104 cm³/mol. The molecule has 1 saturated heterocycles. The number of carbonyl (C=O) groups is 1. The largest absolute Gasteiger partial charge is 0.348 e. The third kappa shape index (κ3) is 4.52. The molecule has 2 heterocycles. The molecule has 1 aliphatic heterocycles. The topological polar surface area (TPSA) is 59.0 Å². The Kier molecular flexibility index (Phi) is 5.77. The first kappa shape index (κ1) is 18.6. The molecular weight excluding hydrogens is 324 g/mol. The number of aromatic nitrogens is 2. The van der Waals surface area contributed by atoms with Gasteiger partial charge in [-0.25, -0.2) is 0 Å². The van der Waals surface area contributed by atoms with E-state index in [1.54, 1.807) is 0 Å². The second kappa shape index (κ2) is 8.04. The van der Waals surface area contributed by atoms with Gasteiger partial charge in [-0.2, -0.15) is 5.10 Å². The molecule has 0 saturated carbocycles. The van der Waals surface area contributed by atoms with Gasteiger partial charge in [-0.1, -0.05) is 44.2 Å². The second-order valence-electron chi connectivity index (χ2n) is 8.01. The minimum absolute atomic E-state index is 0.00107. The summed E-state index contributed by atoms with van der Waals surface area (Å²) >= 11 is 0. The van der Waals surface area contributed by atoms with Crippen LogP contribution in [0.1, 0.15) is 62.1 Å². The number of amides is 1. The molecule has 140 valence electrons. The van der Waals surface area contributed by atoms with E-state index in [0.717, 1.165) is 32.4 Å². The SMILES string of the molecule is CC(CC(C)(C)c1ccccc1)NC(=O)c1ccn(C2CCCNC2)n1. The average molecular weight is 354 g/mol. The number of rotatable bonds is 6. The minimum atomic E-state index is -0.0936. The van der Waals surface area contributed by atoms with Crippen molar-refractivity contribution in [2.24, 2.45) is 0 Å². The fraction of sp³-hybridized carbons (Fsp3) is 0.524. The van der Waals surface area contributed by atoms with Crippen molar-refractivity contribution in [3.05, 3.63) is 53.9 Å². The van der Waals surface area contributed by atoms with Gasteiger partial charge in [0.2, 0.25) is 0 Å². The first-order valence-electron chi connectivity index (χ1n) is 9.58. The lowest BCUT2D eigenvalue weighted by molar-refractivity contribution is 0.0928. The summed E-state index contributed by atoms with van der Waals surface area (Å²) < 4.78 is 1.93. The lowest BCUT2D eigenvalue weighted by Crippen LogP contribution is -2.37. The maximum absolute atomic E-state index is 12.6. The summed E-state index contributed by atoms with van der Waals surface area (Å²) in [6.45, 7) is 8.49. The van der Waals surface area contributed by atoms with Crippen molar-refractivity contribution in [2.45, 2.75) is 57.5 Å². The lowest BCUT2D eigenvalue weighted by Gasteiger charge is -2.29. The first-order valence-corrected chi connectivity index (χ1v) is 9.58. The van der Waals surface area contributed by atoms with E-state index in [4.69, 9.17) is 0 Å². The molecule has 2 aromatic rings. The van der Waals surface area contributed by atoms with Gasteiger partial charge in [0.25, 0.3) is 5.91 Å². The number of nitrogens with one attached hydrogen (secondary N) is 2. The van der Waals surface area contributed by atoms with Crippen molar-refractivity contribution in [3.8, 4) is 0 Å². The van der Waals surface area contributed by atoms with Crippen molar-refractivity contribution in [1.82, 2.24) is 20.4 Å². The molecule has 2 unspecified atom stereocenters. The van der Waals surface area contributed by atoms with Gasteiger partial charge in [0.1, 0.15) is 5.69 Å². The number of carbonyl (C=O) groups excluding carboxylic acids is 1. The summed E-state index contributed by atoms with van der Waals surface area (Å²) in [6, 6.07) is 12.7. The molecule has 1 aromatic heterocycles. The van der Waals surface area contributed by atoms with Crippen molar-refractivity contribution in [1.29, 1.82) is 0 Å². The van der Waals surface area contributed by atoms with Crippen LogP contribution < -0.4 is 10.6 Å². The molecular formula is C21H30N4O. The number of piperidine rings is 1. The average Bonchev–Trinajstić information content (AvgIpc) is 3.13. The molecule has 5 nitrogen and oxygen atoms in total. The molecule has 0 bridgehead atoms. The van der Waals surface area contributed by atoms with Gasteiger partial charge in [-0.3, -0.25) is 9.48 Å².